The van der Waals surface area contributed by atoms with Crippen LogP contribution in [-0.2, 0) is 14.3 Å². The zero-order chi connectivity index (χ0) is 13.4. The Hall–Kier alpha value is -2.04. The van der Waals surface area contributed by atoms with Crippen molar-refractivity contribution in [2.24, 2.45) is 0 Å². The van der Waals surface area contributed by atoms with E-state index in [2.05, 4.69) is 10.1 Å². The fraction of sp³-hybridized carbons (Fsp3) is 0.385. The number of nitrogens with one attached hydrogen (secondary N) is 1. The van der Waals surface area contributed by atoms with E-state index in [4.69, 9.17) is 4.74 Å². The first-order valence-electron chi connectivity index (χ1n) is 5.75. The van der Waals surface area contributed by atoms with Gasteiger partial charge in [0.05, 0.1) is 25.7 Å². The molecule has 0 aliphatic carbocycles. The summed E-state index contributed by atoms with van der Waals surface area (Å²) in [5.41, 5.74) is 1.24. The Bertz CT molecular complexity index is 417. The van der Waals surface area contributed by atoms with E-state index in [0.717, 1.165) is 5.69 Å². The minimum atomic E-state index is -0.385. The lowest BCUT2D eigenvalue weighted by Gasteiger charge is -2.07. The van der Waals surface area contributed by atoms with Gasteiger partial charge in [-0.25, -0.2) is 4.79 Å². The molecule has 1 aromatic rings. The molecule has 5 heteroatoms. The van der Waals surface area contributed by atoms with Gasteiger partial charge in [-0.2, -0.15) is 0 Å². The number of ether oxygens (including phenoxy) is 2. The summed E-state index contributed by atoms with van der Waals surface area (Å²) in [6.45, 7) is 2.62. The molecule has 1 N–H and O–H groups in total. The fourth-order valence-electron chi connectivity index (χ4n) is 1.42. The summed E-state index contributed by atoms with van der Waals surface area (Å²) < 4.78 is 9.43. The predicted octanol–water partition coefficient (Wildman–Crippen LogP) is 1.84. The largest absolute Gasteiger partial charge is 0.466 e. The zero-order valence-corrected chi connectivity index (χ0v) is 10.6. The first-order chi connectivity index (χ1) is 8.67. The molecule has 0 amide bonds. The van der Waals surface area contributed by atoms with Gasteiger partial charge in [0.15, 0.2) is 0 Å². The molecule has 1 rings (SSSR count). The highest BCUT2D eigenvalue weighted by Crippen LogP contribution is 2.11. The minimum Gasteiger partial charge on any atom is -0.466 e. The van der Waals surface area contributed by atoms with E-state index in [1.807, 2.05) is 6.07 Å². The Morgan fingerprint density at radius 2 is 2.11 bits per heavy atom. The number of hydrogen-bond acceptors (Lipinski definition) is 5. The summed E-state index contributed by atoms with van der Waals surface area (Å²) in [6.07, 6.45) is 0.288. The van der Waals surface area contributed by atoms with Crippen molar-refractivity contribution in [2.75, 3.05) is 25.6 Å². The molecule has 0 radical (unpaired) electrons. The smallest absolute Gasteiger partial charge is 0.337 e. The Morgan fingerprint density at radius 1 is 1.33 bits per heavy atom. The van der Waals surface area contributed by atoms with Crippen LogP contribution >= 0.6 is 0 Å². The van der Waals surface area contributed by atoms with Crippen LogP contribution in [0.3, 0.4) is 0 Å². The van der Waals surface area contributed by atoms with Crippen LogP contribution in [0.1, 0.15) is 23.7 Å². The summed E-state index contributed by atoms with van der Waals surface area (Å²) in [7, 11) is 1.34. The predicted molar refractivity (Wildman–Crippen MR) is 67.5 cm³/mol. The van der Waals surface area contributed by atoms with Gasteiger partial charge in [0.2, 0.25) is 0 Å². The SMILES string of the molecule is CCOC(=O)CCNc1cccc(C(=O)OC)c1. The van der Waals surface area contributed by atoms with Crippen LogP contribution in [0.4, 0.5) is 5.69 Å². The maximum absolute atomic E-state index is 11.3. The minimum absolute atomic E-state index is 0.242. The average molecular weight is 251 g/mol. The molecule has 0 heterocycles. The lowest BCUT2D eigenvalue weighted by molar-refractivity contribution is -0.142. The highest BCUT2D eigenvalue weighted by molar-refractivity contribution is 5.90. The Balaban J connectivity index is 2.47. The van der Waals surface area contributed by atoms with Gasteiger partial charge >= 0.3 is 11.9 Å². The maximum atomic E-state index is 11.3. The van der Waals surface area contributed by atoms with Crippen LogP contribution in [0.2, 0.25) is 0 Å². The van der Waals surface area contributed by atoms with Gasteiger partial charge in [-0.3, -0.25) is 4.79 Å². The lowest BCUT2D eigenvalue weighted by atomic mass is 10.2. The number of anilines is 1. The monoisotopic (exact) mass is 251 g/mol. The van der Waals surface area contributed by atoms with Crippen molar-refractivity contribution in [1.29, 1.82) is 0 Å². The summed E-state index contributed by atoms with van der Waals surface area (Å²) in [4.78, 5) is 22.4. The molecule has 0 aromatic heterocycles. The highest BCUT2D eigenvalue weighted by atomic mass is 16.5. The topological polar surface area (TPSA) is 64.6 Å². The number of methoxy groups -OCH3 is 1. The average Bonchev–Trinajstić information content (AvgIpc) is 2.38. The molecule has 98 valence electrons. The van der Waals surface area contributed by atoms with Gasteiger partial charge in [-0.1, -0.05) is 6.07 Å². The molecule has 0 aliphatic heterocycles. The van der Waals surface area contributed by atoms with Gasteiger partial charge in [0.1, 0.15) is 0 Å². The molecular weight excluding hydrogens is 234 g/mol. The molecule has 0 saturated carbocycles. The van der Waals surface area contributed by atoms with Crippen molar-refractivity contribution < 1.29 is 19.1 Å². The van der Waals surface area contributed by atoms with E-state index in [1.165, 1.54) is 7.11 Å². The summed E-state index contributed by atoms with van der Waals surface area (Å²) >= 11 is 0. The summed E-state index contributed by atoms with van der Waals surface area (Å²) in [5.74, 6) is -0.627. The van der Waals surface area contributed by atoms with Crippen LogP contribution in [-0.4, -0.2) is 32.2 Å². The van der Waals surface area contributed by atoms with Crippen molar-refractivity contribution in [3.8, 4) is 0 Å². The fourth-order valence-corrected chi connectivity index (χ4v) is 1.42. The first kappa shape index (κ1) is 14.0. The molecule has 1 aromatic carbocycles. The van der Waals surface area contributed by atoms with Crippen LogP contribution in [0.5, 0.6) is 0 Å². The molecule has 0 bridgehead atoms. The van der Waals surface area contributed by atoms with E-state index < -0.39 is 0 Å². The van der Waals surface area contributed by atoms with Crippen LogP contribution in [0.25, 0.3) is 0 Å². The quantitative estimate of drug-likeness (QED) is 0.781. The number of rotatable bonds is 6. The molecule has 0 fully saturated rings. The molecule has 0 unspecified atom stereocenters. The van der Waals surface area contributed by atoms with Gasteiger partial charge in [-0.05, 0) is 25.1 Å². The third-order valence-corrected chi connectivity index (χ3v) is 2.25. The Morgan fingerprint density at radius 3 is 2.78 bits per heavy atom. The normalized spacial score (nSPS) is 9.67. The number of esters is 2. The second-order valence-electron chi connectivity index (χ2n) is 3.55. The Kier molecular flexibility index (Phi) is 5.70. The van der Waals surface area contributed by atoms with E-state index in [9.17, 15) is 9.59 Å². The summed E-state index contributed by atoms with van der Waals surface area (Å²) in [6, 6.07) is 6.91. The number of carbonyl (C=O) groups excluding carboxylic acids is 2. The van der Waals surface area contributed by atoms with E-state index >= 15 is 0 Å². The first-order valence-corrected chi connectivity index (χ1v) is 5.75. The lowest BCUT2D eigenvalue weighted by Crippen LogP contribution is -2.11. The van der Waals surface area contributed by atoms with Crippen molar-refractivity contribution in [1.82, 2.24) is 0 Å². The van der Waals surface area contributed by atoms with Crippen molar-refractivity contribution >= 4 is 17.6 Å². The van der Waals surface area contributed by atoms with Crippen LogP contribution in [0.15, 0.2) is 24.3 Å². The number of hydrogen-bond donors (Lipinski definition) is 1. The van der Waals surface area contributed by atoms with E-state index in [0.29, 0.717) is 18.7 Å². The molecule has 5 nitrogen and oxygen atoms in total. The second kappa shape index (κ2) is 7.32. The molecule has 0 aliphatic rings. The Labute approximate surface area is 106 Å². The summed E-state index contributed by atoms with van der Waals surface area (Å²) in [5, 5.41) is 3.04. The molecule has 18 heavy (non-hydrogen) atoms. The van der Waals surface area contributed by atoms with Crippen molar-refractivity contribution in [3.63, 3.8) is 0 Å². The van der Waals surface area contributed by atoms with Crippen molar-refractivity contribution in [3.05, 3.63) is 29.8 Å². The van der Waals surface area contributed by atoms with Crippen LogP contribution in [0, 0.1) is 0 Å². The molecule has 0 atom stereocenters. The van der Waals surface area contributed by atoms with Crippen LogP contribution < -0.4 is 5.32 Å². The molecule has 0 saturated heterocycles. The number of carbonyl (C=O) groups is 2. The highest BCUT2D eigenvalue weighted by Gasteiger charge is 2.06. The van der Waals surface area contributed by atoms with Gasteiger partial charge < -0.3 is 14.8 Å². The van der Waals surface area contributed by atoms with Gasteiger partial charge in [-0.15, -0.1) is 0 Å². The second-order valence-corrected chi connectivity index (χ2v) is 3.55. The van der Waals surface area contributed by atoms with E-state index in [1.54, 1.807) is 25.1 Å². The third kappa shape index (κ3) is 4.45. The number of benzene rings is 1. The molecular formula is C13H17NO4. The molecule has 0 spiro atoms. The van der Waals surface area contributed by atoms with Crippen molar-refractivity contribution in [2.45, 2.75) is 13.3 Å². The maximum Gasteiger partial charge on any atom is 0.337 e. The van der Waals surface area contributed by atoms with E-state index in [-0.39, 0.29) is 18.4 Å². The third-order valence-electron chi connectivity index (χ3n) is 2.25. The standard InChI is InChI=1S/C13H17NO4/c1-3-18-12(15)7-8-14-11-6-4-5-10(9-11)13(16)17-2/h4-6,9,14H,3,7-8H2,1-2H3. The van der Waals surface area contributed by atoms with Gasteiger partial charge in [0, 0.05) is 12.2 Å². The zero-order valence-electron chi connectivity index (χ0n) is 10.6. The van der Waals surface area contributed by atoms with Gasteiger partial charge in [0.25, 0.3) is 0 Å².